The first-order valence-corrected chi connectivity index (χ1v) is 11.5. The van der Waals surface area contributed by atoms with Crippen molar-refractivity contribution < 1.29 is 4.79 Å². The molecule has 0 fully saturated rings. The number of nitrogens with zero attached hydrogens (tertiary/aromatic N) is 8. The topological polar surface area (TPSA) is 151 Å². The van der Waals surface area contributed by atoms with Gasteiger partial charge >= 0.3 is 0 Å². The molecule has 0 saturated heterocycles. The van der Waals surface area contributed by atoms with Gasteiger partial charge in [0.25, 0.3) is 5.91 Å². The Balaban J connectivity index is 1.22. The maximum Gasteiger partial charge on any atom is 0.270 e. The van der Waals surface area contributed by atoms with Crippen LogP contribution in [0.3, 0.4) is 0 Å². The maximum atomic E-state index is 12.6. The zero-order valence-electron chi connectivity index (χ0n) is 20.2. The van der Waals surface area contributed by atoms with Gasteiger partial charge in [-0.15, -0.1) is 0 Å². The molecule has 37 heavy (non-hydrogen) atoms. The molecule has 182 valence electrons. The predicted octanol–water partition coefficient (Wildman–Crippen LogP) is 2.85. The van der Waals surface area contributed by atoms with Gasteiger partial charge in [-0.3, -0.25) is 14.9 Å². The van der Waals surface area contributed by atoms with E-state index in [0.717, 1.165) is 33.9 Å². The first-order chi connectivity index (χ1) is 18.0. The normalized spacial score (nSPS) is 10.7. The van der Waals surface area contributed by atoms with Gasteiger partial charge in [0, 0.05) is 42.3 Å². The van der Waals surface area contributed by atoms with E-state index in [4.69, 9.17) is 5.26 Å². The lowest BCUT2D eigenvalue weighted by Crippen LogP contribution is -2.23. The fraction of sp³-hybridized carbons (Fsp3) is 0.154. The van der Waals surface area contributed by atoms with Crippen molar-refractivity contribution in [2.75, 3.05) is 0 Å². The van der Waals surface area contributed by atoms with Crippen LogP contribution in [0.15, 0.2) is 61.2 Å². The first kappa shape index (κ1) is 23.5. The molecule has 5 rings (SSSR count). The number of aromatic amines is 1. The number of nitrogens with one attached hydrogen (secondary N) is 2. The summed E-state index contributed by atoms with van der Waals surface area (Å²) in [5.41, 5.74) is 5.87. The van der Waals surface area contributed by atoms with Crippen LogP contribution in [-0.4, -0.2) is 45.8 Å². The Morgan fingerprint density at radius 1 is 1.05 bits per heavy atom. The van der Waals surface area contributed by atoms with Crippen molar-refractivity contribution >= 4 is 5.91 Å². The van der Waals surface area contributed by atoms with E-state index in [0.29, 0.717) is 23.6 Å². The second-order valence-electron chi connectivity index (χ2n) is 8.47. The number of rotatable bonds is 7. The first-order valence-electron chi connectivity index (χ1n) is 11.5. The molecule has 0 spiro atoms. The Morgan fingerprint density at radius 2 is 1.95 bits per heavy atom. The minimum absolute atomic E-state index is 0.286. The highest BCUT2D eigenvalue weighted by Crippen LogP contribution is 2.17. The fourth-order valence-corrected chi connectivity index (χ4v) is 3.70. The molecule has 0 aliphatic rings. The third kappa shape index (κ3) is 5.54. The molecule has 5 aromatic heterocycles. The molecule has 0 aliphatic heterocycles. The van der Waals surface area contributed by atoms with Gasteiger partial charge in [0.05, 0.1) is 29.3 Å². The van der Waals surface area contributed by atoms with Gasteiger partial charge in [-0.1, -0.05) is 6.07 Å². The summed E-state index contributed by atoms with van der Waals surface area (Å²) < 4.78 is 1.52. The van der Waals surface area contributed by atoms with Gasteiger partial charge in [-0.2, -0.15) is 15.5 Å². The highest BCUT2D eigenvalue weighted by atomic mass is 16.1. The van der Waals surface area contributed by atoms with E-state index < -0.39 is 0 Å². The van der Waals surface area contributed by atoms with Crippen molar-refractivity contribution in [3.05, 3.63) is 101 Å². The Bertz CT molecular complexity index is 1590. The number of amides is 1. The summed E-state index contributed by atoms with van der Waals surface area (Å²) in [4.78, 5) is 30.5. The van der Waals surface area contributed by atoms with Crippen LogP contribution in [-0.2, 0) is 13.0 Å². The summed E-state index contributed by atoms with van der Waals surface area (Å²) in [6, 6.07) is 13.0. The van der Waals surface area contributed by atoms with E-state index in [9.17, 15) is 4.79 Å². The van der Waals surface area contributed by atoms with E-state index in [-0.39, 0.29) is 18.1 Å². The summed E-state index contributed by atoms with van der Waals surface area (Å²) in [5.74, 6) is 0.822. The highest BCUT2D eigenvalue weighted by Gasteiger charge is 2.11. The molecule has 11 heteroatoms. The van der Waals surface area contributed by atoms with Crippen LogP contribution >= 0.6 is 0 Å². The second kappa shape index (κ2) is 10.2. The molecule has 0 radical (unpaired) electrons. The highest BCUT2D eigenvalue weighted by molar-refractivity contribution is 5.92. The number of aromatic nitrogens is 8. The third-order valence-electron chi connectivity index (χ3n) is 5.49. The maximum absolute atomic E-state index is 12.6. The zero-order valence-corrected chi connectivity index (χ0v) is 20.2. The van der Waals surface area contributed by atoms with Crippen LogP contribution < -0.4 is 5.32 Å². The van der Waals surface area contributed by atoms with E-state index >= 15 is 0 Å². The lowest BCUT2D eigenvalue weighted by Gasteiger charge is -2.08. The van der Waals surface area contributed by atoms with Gasteiger partial charge in [0.1, 0.15) is 11.8 Å². The van der Waals surface area contributed by atoms with Crippen LogP contribution in [0.2, 0.25) is 0 Å². The molecule has 0 aromatic carbocycles. The van der Waals surface area contributed by atoms with Gasteiger partial charge in [0.2, 0.25) is 0 Å². The Kier molecular flexibility index (Phi) is 6.46. The molecule has 0 bridgehead atoms. The van der Waals surface area contributed by atoms with Crippen molar-refractivity contribution in [1.29, 1.82) is 5.26 Å². The SMILES string of the molecule is Cc1cc(Cc2cc(C)[nH]n2)nc(-c2ccc(C(=O)NCc3ccc(-n4cc(C#N)cn4)nc3)nc2)n1. The van der Waals surface area contributed by atoms with E-state index in [1.54, 1.807) is 36.8 Å². The molecule has 0 unspecified atom stereocenters. The van der Waals surface area contributed by atoms with Gasteiger partial charge < -0.3 is 5.32 Å². The number of nitriles is 1. The third-order valence-corrected chi connectivity index (χ3v) is 5.49. The number of carbonyl (C=O) groups is 1. The number of carbonyl (C=O) groups excluding carboxylic acids is 1. The van der Waals surface area contributed by atoms with Crippen molar-refractivity contribution in [3.8, 4) is 23.3 Å². The molecule has 1 amide bonds. The number of hydrogen-bond acceptors (Lipinski definition) is 8. The Labute approximate surface area is 212 Å². The van der Waals surface area contributed by atoms with Crippen LogP contribution in [0.25, 0.3) is 17.2 Å². The summed E-state index contributed by atoms with van der Waals surface area (Å²) in [6.07, 6.45) is 6.91. The lowest BCUT2D eigenvalue weighted by atomic mass is 10.2. The molecule has 0 saturated carbocycles. The number of hydrogen-bond donors (Lipinski definition) is 2. The van der Waals surface area contributed by atoms with Crippen LogP contribution in [0.5, 0.6) is 0 Å². The molecule has 5 aromatic rings. The fourth-order valence-electron chi connectivity index (χ4n) is 3.70. The van der Waals surface area contributed by atoms with Gasteiger partial charge in [-0.05, 0) is 49.7 Å². The molecular formula is C26H22N10O. The minimum Gasteiger partial charge on any atom is -0.347 e. The quantitative estimate of drug-likeness (QED) is 0.353. The summed E-state index contributed by atoms with van der Waals surface area (Å²) in [5, 5.41) is 23.1. The number of H-pyrrole nitrogens is 1. The summed E-state index contributed by atoms with van der Waals surface area (Å²) in [7, 11) is 0. The Morgan fingerprint density at radius 3 is 2.62 bits per heavy atom. The van der Waals surface area contributed by atoms with E-state index in [1.807, 2.05) is 38.1 Å². The predicted molar refractivity (Wildman–Crippen MR) is 133 cm³/mol. The monoisotopic (exact) mass is 490 g/mol. The number of pyridine rings is 2. The average molecular weight is 491 g/mol. The number of aryl methyl sites for hydroxylation is 2. The van der Waals surface area contributed by atoms with E-state index in [1.165, 1.54) is 10.9 Å². The zero-order chi connectivity index (χ0) is 25.8. The minimum atomic E-state index is -0.305. The lowest BCUT2D eigenvalue weighted by molar-refractivity contribution is 0.0946. The second-order valence-corrected chi connectivity index (χ2v) is 8.47. The standard InChI is InChI=1S/C26H22N10O/c1-16-7-21(9-22-8-17(2)34-35-22)33-25(32-16)20-4-5-23(28-14-20)26(37)30-12-18-3-6-24(29-11-18)36-15-19(10-27)13-31-36/h3-8,11,13-15H,9,12H2,1-2H3,(H,30,37)(H,34,35). The van der Waals surface area contributed by atoms with E-state index in [2.05, 4.69) is 40.5 Å². The summed E-state index contributed by atoms with van der Waals surface area (Å²) >= 11 is 0. The van der Waals surface area contributed by atoms with Crippen molar-refractivity contribution in [1.82, 2.24) is 45.2 Å². The van der Waals surface area contributed by atoms with Crippen molar-refractivity contribution in [2.45, 2.75) is 26.8 Å². The largest absolute Gasteiger partial charge is 0.347 e. The van der Waals surface area contributed by atoms with Gasteiger partial charge in [0.15, 0.2) is 11.6 Å². The molecule has 0 aliphatic carbocycles. The van der Waals surface area contributed by atoms with Gasteiger partial charge in [-0.25, -0.2) is 19.6 Å². The molecule has 5 heterocycles. The molecule has 11 nitrogen and oxygen atoms in total. The summed E-state index contributed by atoms with van der Waals surface area (Å²) in [6.45, 7) is 4.16. The molecular weight excluding hydrogens is 468 g/mol. The molecule has 0 atom stereocenters. The average Bonchev–Trinajstić information content (AvgIpc) is 3.56. The molecule has 2 N–H and O–H groups in total. The Hall–Kier alpha value is -5.24. The van der Waals surface area contributed by atoms with Crippen molar-refractivity contribution in [2.24, 2.45) is 0 Å². The van der Waals surface area contributed by atoms with Crippen LogP contribution in [0.4, 0.5) is 0 Å². The van der Waals surface area contributed by atoms with Crippen molar-refractivity contribution in [3.63, 3.8) is 0 Å². The van der Waals surface area contributed by atoms with Crippen LogP contribution in [0, 0.1) is 25.2 Å². The smallest absolute Gasteiger partial charge is 0.270 e. The van der Waals surface area contributed by atoms with Crippen LogP contribution in [0.1, 0.15) is 44.4 Å².